The highest BCUT2D eigenvalue weighted by Gasteiger charge is 2.17. The van der Waals surface area contributed by atoms with Crippen LogP contribution < -0.4 is 10.4 Å². The van der Waals surface area contributed by atoms with Crippen molar-refractivity contribution in [3.05, 3.63) is 95.4 Å². The van der Waals surface area contributed by atoms with Crippen LogP contribution in [0.2, 0.25) is 0 Å². The van der Waals surface area contributed by atoms with Gasteiger partial charge in [0.2, 0.25) is 0 Å². The highest BCUT2D eigenvalue weighted by atomic mass is 16.4. The Morgan fingerprint density at radius 1 is 0.739 bits per heavy atom. The SMILES string of the molecule is CC1=[O+]/C(=c2\ccc3ccccc3c2=C2C=CC=CC=C2)C=C1. The largest absolute Gasteiger partial charge is 0.361 e. The van der Waals surface area contributed by atoms with Gasteiger partial charge in [-0.3, -0.25) is 0 Å². The minimum atomic E-state index is 0.912. The van der Waals surface area contributed by atoms with Crippen LogP contribution in [0.25, 0.3) is 22.1 Å². The van der Waals surface area contributed by atoms with Gasteiger partial charge in [-0.25, -0.2) is 4.42 Å². The second kappa shape index (κ2) is 5.69. The third-order valence-corrected chi connectivity index (χ3v) is 4.11. The monoisotopic (exact) mass is 297 g/mol. The Morgan fingerprint density at radius 2 is 1.52 bits per heavy atom. The fraction of sp³-hybridized carbons (Fsp3) is 0.0455. The van der Waals surface area contributed by atoms with Crippen LogP contribution in [-0.2, 0) is 4.42 Å². The molecule has 1 heteroatoms. The molecule has 2 aromatic rings. The van der Waals surface area contributed by atoms with Crippen molar-refractivity contribution >= 4 is 27.9 Å². The van der Waals surface area contributed by atoms with Crippen molar-refractivity contribution in [2.45, 2.75) is 6.92 Å². The molecule has 4 rings (SSSR count). The van der Waals surface area contributed by atoms with Crippen molar-refractivity contribution in [3.63, 3.8) is 0 Å². The summed E-state index contributed by atoms with van der Waals surface area (Å²) in [6.45, 7) is 1.98. The van der Waals surface area contributed by atoms with Gasteiger partial charge in [0.15, 0.2) is 0 Å². The number of benzene rings is 2. The third kappa shape index (κ3) is 2.51. The molecule has 0 atom stereocenters. The number of hydrogen-bond donors (Lipinski definition) is 0. The van der Waals surface area contributed by atoms with Crippen molar-refractivity contribution in [3.8, 4) is 0 Å². The Balaban J connectivity index is 2.25. The molecule has 0 bridgehead atoms. The van der Waals surface area contributed by atoms with E-state index >= 15 is 0 Å². The summed E-state index contributed by atoms with van der Waals surface area (Å²) in [6.07, 6.45) is 16.6. The van der Waals surface area contributed by atoms with Crippen molar-refractivity contribution in [1.29, 1.82) is 0 Å². The van der Waals surface area contributed by atoms with E-state index in [2.05, 4.69) is 60.7 Å². The molecule has 23 heavy (non-hydrogen) atoms. The molecule has 0 fully saturated rings. The van der Waals surface area contributed by atoms with Gasteiger partial charge in [0.25, 0.3) is 0 Å². The molecule has 0 amide bonds. The zero-order valence-electron chi connectivity index (χ0n) is 13.0. The first kappa shape index (κ1) is 13.7. The molecule has 2 aliphatic rings. The number of hydrogen-bond acceptors (Lipinski definition) is 0. The molecule has 0 aromatic heterocycles. The van der Waals surface area contributed by atoms with Crippen molar-refractivity contribution < 1.29 is 4.42 Å². The van der Waals surface area contributed by atoms with E-state index in [-0.39, 0.29) is 0 Å². The summed E-state index contributed by atoms with van der Waals surface area (Å²) in [4.78, 5) is 0. The number of carbonyl (C=O) groups excluding carboxylic acids is 1. The first-order chi connectivity index (χ1) is 11.3. The van der Waals surface area contributed by atoms with E-state index in [0.717, 1.165) is 16.8 Å². The predicted octanol–water partition coefficient (Wildman–Crippen LogP) is 3.48. The number of rotatable bonds is 0. The van der Waals surface area contributed by atoms with E-state index < -0.39 is 0 Å². The highest BCUT2D eigenvalue weighted by Crippen LogP contribution is 2.12. The number of allylic oxidation sites excluding steroid dienone is 7. The molecule has 0 saturated carbocycles. The quantitative estimate of drug-likeness (QED) is 0.660. The van der Waals surface area contributed by atoms with Gasteiger partial charge in [-0.2, -0.15) is 0 Å². The summed E-state index contributed by atoms with van der Waals surface area (Å²) in [7, 11) is 0. The average Bonchev–Trinajstić information content (AvgIpc) is 2.84. The van der Waals surface area contributed by atoms with Crippen LogP contribution >= 0.6 is 0 Å². The van der Waals surface area contributed by atoms with Gasteiger partial charge in [0.05, 0.1) is 18.2 Å². The predicted molar refractivity (Wildman–Crippen MR) is 97.3 cm³/mol. The zero-order chi connectivity index (χ0) is 15.6. The Morgan fingerprint density at radius 3 is 2.26 bits per heavy atom. The zero-order valence-corrected chi connectivity index (χ0v) is 13.0. The molecule has 0 spiro atoms. The standard InChI is InChI=1S/C22H17O/c1-16-12-15-21(23-16)20-14-13-17-8-6-7-11-19(17)22(20)18-9-4-2-3-5-10-18/h2-15H,1H3/q+1/b21-20+. The van der Waals surface area contributed by atoms with Crippen LogP contribution in [0.5, 0.6) is 0 Å². The summed E-state index contributed by atoms with van der Waals surface area (Å²) in [5.41, 5.74) is 1.19. The Labute approximate surface area is 135 Å². The summed E-state index contributed by atoms with van der Waals surface area (Å²) in [5, 5.41) is 4.82. The van der Waals surface area contributed by atoms with Crippen LogP contribution in [0, 0.1) is 0 Å². The lowest BCUT2D eigenvalue weighted by atomic mass is 10.0. The van der Waals surface area contributed by atoms with Gasteiger partial charge in [0.1, 0.15) is 0 Å². The van der Waals surface area contributed by atoms with Crippen LogP contribution in [0.4, 0.5) is 0 Å². The van der Waals surface area contributed by atoms with Crippen LogP contribution in [0.3, 0.4) is 0 Å². The lowest BCUT2D eigenvalue weighted by Gasteiger charge is -2.02. The van der Waals surface area contributed by atoms with Gasteiger partial charge >= 0.3 is 11.5 Å². The summed E-state index contributed by atoms with van der Waals surface area (Å²) in [6, 6.07) is 12.8. The fourth-order valence-corrected chi connectivity index (χ4v) is 3.04. The molecule has 0 saturated heterocycles. The maximum atomic E-state index is 5.90. The molecule has 110 valence electrons. The smallest absolute Gasteiger partial charge is 0.213 e. The first-order valence-corrected chi connectivity index (χ1v) is 7.80. The minimum Gasteiger partial charge on any atom is -0.213 e. The van der Waals surface area contributed by atoms with Crippen molar-refractivity contribution in [1.82, 2.24) is 0 Å². The van der Waals surface area contributed by atoms with Gasteiger partial charge in [-0.15, -0.1) is 0 Å². The molecule has 1 aliphatic heterocycles. The summed E-state index contributed by atoms with van der Waals surface area (Å²) >= 11 is 0. The second-order valence-corrected chi connectivity index (χ2v) is 5.68. The summed E-state index contributed by atoms with van der Waals surface area (Å²) < 4.78 is 5.90. The van der Waals surface area contributed by atoms with E-state index in [1.807, 2.05) is 31.2 Å². The highest BCUT2D eigenvalue weighted by molar-refractivity contribution is 5.94. The molecule has 0 N–H and O–H groups in total. The van der Waals surface area contributed by atoms with Crippen molar-refractivity contribution in [2.75, 3.05) is 0 Å². The van der Waals surface area contributed by atoms with E-state index in [1.54, 1.807) is 0 Å². The van der Waals surface area contributed by atoms with Gasteiger partial charge < -0.3 is 0 Å². The molecule has 0 radical (unpaired) electrons. The van der Waals surface area contributed by atoms with Gasteiger partial charge in [-0.1, -0.05) is 66.8 Å². The average molecular weight is 297 g/mol. The molecule has 1 heterocycles. The van der Waals surface area contributed by atoms with Crippen LogP contribution in [0.1, 0.15) is 6.92 Å². The van der Waals surface area contributed by atoms with Crippen molar-refractivity contribution in [2.24, 2.45) is 0 Å². The topological polar surface area (TPSA) is 11.3 Å². The maximum absolute atomic E-state index is 5.90. The third-order valence-electron chi connectivity index (χ3n) is 4.11. The minimum absolute atomic E-state index is 0.912. The Kier molecular flexibility index (Phi) is 3.39. The fourth-order valence-electron chi connectivity index (χ4n) is 3.04. The Bertz CT molecular complexity index is 1040. The molecule has 2 aromatic carbocycles. The maximum Gasteiger partial charge on any atom is 0.361 e. The van der Waals surface area contributed by atoms with Crippen LogP contribution in [-0.4, -0.2) is 5.78 Å². The molecule has 0 unspecified atom stereocenters. The van der Waals surface area contributed by atoms with E-state index in [1.165, 1.54) is 21.6 Å². The molecular weight excluding hydrogens is 280 g/mol. The number of ketones is 1. The van der Waals surface area contributed by atoms with E-state index in [9.17, 15) is 0 Å². The van der Waals surface area contributed by atoms with E-state index in [4.69, 9.17) is 4.42 Å². The lowest BCUT2D eigenvalue weighted by Crippen LogP contribution is -2.29. The number of fused-ring (bicyclic) bond motifs is 1. The normalized spacial score (nSPS) is 18.7. The van der Waals surface area contributed by atoms with Gasteiger partial charge in [0, 0.05) is 11.3 Å². The summed E-state index contributed by atoms with van der Waals surface area (Å²) in [5.74, 6) is 1.84. The lowest BCUT2D eigenvalue weighted by molar-refractivity contribution is -0.339. The molecule has 1 aliphatic carbocycles. The Hall–Kier alpha value is -2.93. The first-order valence-electron chi connectivity index (χ1n) is 7.80. The van der Waals surface area contributed by atoms with Crippen LogP contribution in [0.15, 0.2) is 85.0 Å². The molecule has 1 nitrogen and oxygen atoms in total. The second-order valence-electron chi connectivity index (χ2n) is 5.68. The van der Waals surface area contributed by atoms with Gasteiger partial charge in [-0.05, 0) is 22.4 Å². The van der Waals surface area contributed by atoms with E-state index in [0.29, 0.717) is 0 Å². The molecular formula is C22H17O+.